The first kappa shape index (κ1) is 18.9. The molecule has 1 aliphatic rings. The van der Waals surface area contributed by atoms with Gasteiger partial charge in [-0.2, -0.15) is 9.40 Å². The smallest absolute Gasteiger partial charge is 0.239 e. The average molecular weight is 396 g/mol. The van der Waals surface area contributed by atoms with Crippen LogP contribution in [0, 0.1) is 0 Å². The van der Waals surface area contributed by atoms with Crippen molar-refractivity contribution in [3.8, 4) is 16.9 Å². The van der Waals surface area contributed by atoms with Crippen molar-refractivity contribution in [3.63, 3.8) is 0 Å². The Labute approximate surface area is 166 Å². The van der Waals surface area contributed by atoms with Gasteiger partial charge in [0.15, 0.2) is 0 Å². The molecule has 2 heterocycles. The predicted octanol–water partition coefficient (Wildman–Crippen LogP) is 4.49. The molecule has 1 atom stereocenters. The van der Waals surface area contributed by atoms with Gasteiger partial charge in [-0.15, -0.1) is 0 Å². The normalized spacial score (nSPS) is 18.2. The van der Waals surface area contributed by atoms with E-state index in [-0.39, 0.29) is 10.9 Å². The fourth-order valence-electron chi connectivity index (χ4n) is 3.88. The summed E-state index contributed by atoms with van der Waals surface area (Å²) in [6, 6.07) is 19.2. The van der Waals surface area contributed by atoms with E-state index in [1.54, 1.807) is 15.2 Å². The molecule has 0 bridgehead atoms. The van der Waals surface area contributed by atoms with Crippen molar-refractivity contribution in [2.24, 2.45) is 0 Å². The largest absolute Gasteiger partial charge is 0.247 e. The molecule has 0 spiro atoms. The second-order valence-corrected chi connectivity index (χ2v) is 9.02. The Bertz CT molecular complexity index is 1030. The van der Waals surface area contributed by atoms with Crippen LogP contribution in [0.1, 0.15) is 32.6 Å². The van der Waals surface area contributed by atoms with Gasteiger partial charge < -0.3 is 0 Å². The van der Waals surface area contributed by atoms with Gasteiger partial charge in [0.25, 0.3) is 0 Å². The Kier molecular flexibility index (Phi) is 5.33. The van der Waals surface area contributed by atoms with Gasteiger partial charge in [-0.25, -0.2) is 13.1 Å². The Balaban J connectivity index is 1.86. The van der Waals surface area contributed by atoms with Gasteiger partial charge in [0.2, 0.25) is 10.0 Å². The molecule has 1 aliphatic heterocycles. The zero-order chi connectivity index (χ0) is 19.6. The highest BCUT2D eigenvalue weighted by Crippen LogP contribution is 2.33. The van der Waals surface area contributed by atoms with Crippen molar-refractivity contribution in [1.29, 1.82) is 0 Å². The number of sulfonamides is 1. The van der Waals surface area contributed by atoms with E-state index in [2.05, 4.69) is 12.0 Å². The molecule has 6 heteroatoms. The van der Waals surface area contributed by atoms with Crippen molar-refractivity contribution >= 4 is 10.0 Å². The van der Waals surface area contributed by atoms with Crippen molar-refractivity contribution < 1.29 is 8.42 Å². The number of piperidine rings is 1. The predicted molar refractivity (Wildman–Crippen MR) is 111 cm³/mol. The summed E-state index contributed by atoms with van der Waals surface area (Å²) in [5.41, 5.74) is 2.15. The van der Waals surface area contributed by atoms with E-state index in [4.69, 9.17) is 0 Å². The molecule has 2 aromatic carbocycles. The number of rotatable bonds is 5. The maximum atomic E-state index is 13.7. The van der Waals surface area contributed by atoms with Crippen LogP contribution in [0.2, 0.25) is 0 Å². The first-order valence-corrected chi connectivity index (χ1v) is 11.3. The molecule has 0 N–H and O–H groups in total. The highest BCUT2D eigenvalue weighted by molar-refractivity contribution is 7.89. The molecule has 3 aromatic rings. The summed E-state index contributed by atoms with van der Waals surface area (Å²) in [5, 5.41) is 4.67. The van der Waals surface area contributed by atoms with E-state index >= 15 is 0 Å². The number of aromatic nitrogens is 2. The van der Waals surface area contributed by atoms with Crippen LogP contribution in [0.15, 0.2) is 71.8 Å². The van der Waals surface area contributed by atoms with Crippen LogP contribution < -0.4 is 0 Å². The maximum Gasteiger partial charge on any atom is 0.247 e. The highest BCUT2D eigenvalue weighted by atomic mass is 32.2. The van der Waals surface area contributed by atoms with Crippen LogP contribution in [0.3, 0.4) is 0 Å². The molecule has 28 heavy (non-hydrogen) atoms. The zero-order valence-electron chi connectivity index (χ0n) is 16.0. The van der Waals surface area contributed by atoms with Gasteiger partial charge in [-0.1, -0.05) is 61.9 Å². The second-order valence-electron chi connectivity index (χ2n) is 7.16. The molecular formula is C22H25N3O2S. The third-order valence-electron chi connectivity index (χ3n) is 5.38. The second kappa shape index (κ2) is 7.89. The Hall–Kier alpha value is -2.44. The van der Waals surface area contributed by atoms with E-state index < -0.39 is 10.0 Å². The minimum atomic E-state index is -3.64. The molecule has 0 amide bonds. The van der Waals surface area contributed by atoms with E-state index in [1.165, 1.54) is 0 Å². The number of hydrogen-bond donors (Lipinski definition) is 0. The molecule has 1 aromatic heterocycles. The molecule has 4 rings (SSSR count). The van der Waals surface area contributed by atoms with E-state index in [0.29, 0.717) is 12.2 Å². The Morgan fingerprint density at radius 2 is 1.68 bits per heavy atom. The Morgan fingerprint density at radius 3 is 2.36 bits per heavy atom. The fraction of sp³-hybridized carbons (Fsp3) is 0.318. The van der Waals surface area contributed by atoms with E-state index in [1.807, 2.05) is 60.7 Å². The molecule has 0 radical (unpaired) electrons. The van der Waals surface area contributed by atoms with Gasteiger partial charge in [0, 0.05) is 18.2 Å². The van der Waals surface area contributed by atoms with Crippen molar-refractivity contribution in [3.05, 3.63) is 66.9 Å². The summed E-state index contributed by atoms with van der Waals surface area (Å²) in [6.07, 6.45) is 5.40. The number of para-hydroxylation sites is 1. The van der Waals surface area contributed by atoms with Crippen LogP contribution >= 0.6 is 0 Å². The summed E-state index contributed by atoms with van der Waals surface area (Å²) >= 11 is 0. The SMILES string of the molecule is CCC1CCCCN1S(=O)(=O)c1cn(-c2ccccc2)nc1-c1ccccc1. The monoisotopic (exact) mass is 395 g/mol. The topological polar surface area (TPSA) is 55.2 Å². The highest BCUT2D eigenvalue weighted by Gasteiger charge is 2.35. The minimum Gasteiger partial charge on any atom is -0.239 e. The summed E-state index contributed by atoms with van der Waals surface area (Å²) in [4.78, 5) is 0.280. The lowest BCUT2D eigenvalue weighted by molar-refractivity contribution is 0.246. The standard InChI is InChI=1S/C22H25N3O2S/c1-2-19-13-9-10-16-25(19)28(26,27)21-17-24(20-14-7-4-8-15-20)23-22(21)18-11-5-3-6-12-18/h3-8,11-12,14-15,17,19H,2,9-10,13,16H2,1H3. The lowest BCUT2D eigenvalue weighted by Gasteiger charge is -2.33. The molecule has 0 saturated carbocycles. The summed E-state index contributed by atoms with van der Waals surface area (Å²) < 4.78 is 30.7. The van der Waals surface area contributed by atoms with Gasteiger partial charge in [0.1, 0.15) is 10.6 Å². The molecule has 146 valence electrons. The third kappa shape index (κ3) is 3.50. The fourth-order valence-corrected chi connectivity index (χ4v) is 5.79. The molecule has 1 unspecified atom stereocenters. The number of hydrogen-bond acceptors (Lipinski definition) is 3. The number of nitrogens with zero attached hydrogens (tertiary/aromatic N) is 3. The summed E-state index contributed by atoms with van der Waals surface area (Å²) in [7, 11) is -3.64. The van der Waals surface area contributed by atoms with Crippen molar-refractivity contribution in [2.75, 3.05) is 6.54 Å². The lowest BCUT2D eigenvalue weighted by atomic mass is 10.0. The van der Waals surface area contributed by atoms with Gasteiger partial charge in [0.05, 0.1) is 11.9 Å². The lowest BCUT2D eigenvalue weighted by Crippen LogP contribution is -2.43. The third-order valence-corrected chi connectivity index (χ3v) is 7.33. The van der Waals surface area contributed by atoms with Crippen LogP contribution in [-0.4, -0.2) is 35.1 Å². The molecule has 1 saturated heterocycles. The van der Waals surface area contributed by atoms with Gasteiger partial charge >= 0.3 is 0 Å². The van der Waals surface area contributed by atoms with Crippen LogP contribution in [-0.2, 0) is 10.0 Å². The maximum absolute atomic E-state index is 13.7. The average Bonchev–Trinajstić information content (AvgIpc) is 3.21. The first-order chi connectivity index (χ1) is 13.6. The molecule has 5 nitrogen and oxygen atoms in total. The molecular weight excluding hydrogens is 370 g/mol. The van der Waals surface area contributed by atoms with Crippen LogP contribution in [0.5, 0.6) is 0 Å². The van der Waals surface area contributed by atoms with Gasteiger partial charge in [-0.3, -0.25) is 0 Å². The summed E-state index contributed by atoms with van der Waals surface area (Å²) in [5.74, 6) is 0. The number of benzene rings is 2. The van der Waals surface area contributed by atoms with E-state index in [9.17, 15) is 8.42 Å². The zero-order valence-corrected chi connectivity index (χ0v) is 16.8. The quantitative estimate of drug-likeness (QED) is 0.639. The molecule has 1 fully saturated rings. The minimum absolute atomic E-state index is 0.0578. The van der Waals surface area contributed by atoms with Crippen LogP contribution in [0.4, 0.5) is 0 Å². The van der Waals surface area contributed by atoms with Crippen molar-refractivity contribution in [2.45, 2.75) is 43.5 Å². The molecule has 0 aliphatic carbocycles. The summed E-state index contributed by atoms with van der Waals surface area (Å²) in [6.45, 7) is 2.63. The van der Waals surface area contributed by atoms with Crippen molar-refractivity contribution in [1.82, 2.24) is 14.1 Å². The van der Waals surface area contributed by atoms with E-state index in [0.717, 1.165) is 36.9 Å². The van der Waals surface area contributed by atoms with Gasteiger partial charge in [-0.05, 0) is 31.4 Å². The Morgan fingerprint density at radius 1 is 1.00 bits per heavy atom. The first-order valence-electron chi connectivity index (χ1n) is 9.83. The van der Waals surface area contributed by atoms with Crippen LogP contribution in [0.25, 0.3) is 16.9 Å².